The van der Waals surface area contributed by atoms with E-state index in [4.69, 9.17) is 0 Å². The maximum atomic E-state index is 2.27. The Morgan fingerprint density at radius 3 is 2.30 bits per heavy atom. The van der Waals surface area contributed by atoms with E-state index in [0.717, 1.165) is 6.42 Å². The fourth-order valence-corrected chi connectivity index (χ4v) is 2.91. The van der Waals surface area contributed by atoms with Crippen LogP contribution in [-0.4, -0.2) is 0 Å². The van der Waals surface area contributed by atoms with Gasteiger partial charge >= 0.3 is 0 Å². The zero-order chi connectivity index (χ0) is 14.5. The van der Waals surface area contributed by atoms with Gasteiger partial charge in [0, 0.05) is 0 Å². The van der Waals surface area contributed by atoms with Gasteiger partial charge in [-0.2, -0.15) is 0 Å². The molecule has 0 radical (unpaired) electrons. The number of hydrogen-bond donors (Lipinski definition) is 0. The standard InChI is InChI=1S/C20H24/c1-5-10-19-15(3)13-14-20(16(19)4)18(6-2)17-11-8-7-9-12-17/h6-9,11-14H,5,10H2,1-4H3/b18-6-. The minimum Gasteiger partial charge on any atom is -0.0792 e. The van der Waals surface area contributed by atoms with E-state index in [-0.39, 0.29) is 0 Å². The lowest BCUT2D eigenvalue weighted by atomic mass is 9.88. The summed E-state index contributed by atoms with van der Waals surface area (Å²) in [5, 5.41) is 0. The third-order valence-electron chi connectivity index (χ3n) is 4.00. The molecule has 0 heterocycles. The van der Waals surface area contributed by atoms with Crippen LogP contribution in [0.2, 0.25) is 0 Å². The molecule has 0 bridgehead atoms. The molecule has 0 aromatic heterocycles. The summed E-state index contributed by atoms with van der Waals surface area (Å²) in [6.07, 6.45) is 4.58. The molecule has 0 fully saturated rings. The average molecular weight is 264 g/mol. The van der Waals surface area contributed by atoms with Gasteiger partial charge in [-0.3, -0.25) is 0 Å². The molecule has 0 saturated heterocycles. The van der Waals surface area contributed by atoms with E-state index >= 15 is 0 Å². The van der Waals surface area contributed by atoms with Crippen LogP contribution in [0.4, 0.5) is 0 Å². The average Bonchev–Trinajstić information content (AvgIpc) is 2.47. The molecule has 0 N–H and O–H groups in total. The van der Waals surface area contributed by atoms with Gasteiger partial charge in [-0.1, -0.05) is 61.9 Å². The van der Waals surface area contributed by atoms with Crippen molar-refractivity contribution in [2.75, 3.05) is 0 Å². The van der Waals surface area contributed by atoms with E-state index in [2.05, 4.69) is 76.2 Å². The lowest BCUT2D eigenvalue weighted by molar-refractivity contribution is 0.902. The number of benzene rings is 2. The van der Waals surface area contributed by atoms with Crippen LogP contribution in [0.25, 0.3) is 5.57 Å². The Labute approximate surface area is 123 Å². The quantitative estimate of drug-likeness (QED) is 0.663. The summed E-state index contributed by atoms with van der Waals surface area (Å²) in [5.41, 5.74) is 8.36. The molecule has 0 aliphatic rings. The molecule has 0 spiro atoms. The summed E-state index contributed by atoms with van der Waals surface area (Å²) in [4.78, 5) is 0. The molecule has 2 rings (SSSR count). The molecule has 0 amide bonds. The molecule has 0 atom stereocenters. The zero-order valence-electron chi connectivity index (χ0n) is 13.0. The van der Waals surface area contributed by atoms with Crippen molar-refractivity contribution < 1.29 is 0 Å². The van der Waals surface area contributed by atoms with Gasteiger partial charge in [0.05, 0.1) is 0 Å². The van der Waals surface area contributed by atoms with E-state index in [1.807, 2.05) is 0 Å². The fourth-order valence-electron chi connectivity index (χ4n) is 2.91. The number of aryl methyl sites for hydroxylation is 1. The first-order valence-electron chi connectivity index (χ1n) is 7.50. The van der Waals surface area contributed by atoms with Crippen LogP contribution in [0.15, 0.2) is 48.5 Å². The zero-order valence-corrected chi connectivity index (χ0v) is 13.0. The Morgan fingerprint density at radius 1 is 1.00 bits per heavy atom. The van der Waals surface area contributed by atoms with Crippen molar-refractivity contribution in [3.05, 3.63) is 76.4 Å². The van der Waals surface area contributed by atoms with Crippen LogP contribution in [0, 0.1) is 13.8 Å². The van der Waals surface area contributed by atoms with Crippen molar-refractivity contribution in [3.63, 3.8) is 0 Å². The highest BCUT2D eigenvalue weighted by atomic mass is 14.2. The van der Waals surface area contributed by atoms with E-state index in [9.17, 15) is 0 Å². The number of rotatable bonds is 4. The van der Waals surface area contributed by atoms with E-state index in [1.54, 1.807) is 0 Å². The fraction of sp³-hybridized carbons (Fsp3) is 0.300. The topological polar surface area (TPSA) is 0 Å². The maximum absolute atomic E-state index is 2.27. The Morgan fingerprint density at radius 2 is 1.70 bits per heavy atom. The number of allylic oxidation sites excluding steroid dienone is 1. The highest BCUT2D eigenvalue weighted by molar-refractivity contribution is 5.81. The summed E-state index contributed by atoms with van der Waals surface area (Å²) < 4.78 is 0. The molecule has 0 aliphatic heterocycles. The molecule has 2 aromatic rings. The van der Waals surface area contributed by atoms with E-state index in [0.29, 0.717) is 0 Å². The molecule has 20 heavy (non-hydrogen) atoms. The van der Waals surface area contributed by atoms with Crippen molar-refractivity contribution in [1.82, 2.24) is 0 Å². The van der Waals surface area contributed by atoms with E-state index < -0.39 is 0 Å². The minimum absolute atomic E-state index is 1.16. The van der Waals surface area contributed by atoms with Crippen LogP contribution in [0.3, 0.4) is 0 Å². The van der Waals surface area contributed by atoms with Gasteiger partial charge in [0.1, 0.15) is 0 Å². The first kappa shape index (κ1) is 14.6. The summed E-state index contributed by atoms with van der Waals surface area (Å²) in [5.74, 6) is 0. The smallest absolute Gasteiger partial charge is 0.0149 e. The SMILES string of the molecule is C/C=C(/c1ccccc1)c1ccc(C)c(CCC)c1C. The van der Waals surface area contributed by atoms with Crippen LogP contribution >= 0.6 is 0 Å². The van der Waals surface area contributed by atoms with Crippen LogP contribution < -0.4 is 0 Å². The van der Waals surface area contributed by atoms with Gasteiger partial charge < -0.3 is 0 Å². The Kier molecular flexibility index (Phi) is 4.79. The molecule has 0 aliphatic carbocycles. The molecule has 0 saturated carbocycles. The predicted octanol–water partition coefficient (Wildman–Crippen LogP) is 5.71. The van der Waals surface area contributed by atoms with E-state index in [1.165, 1.54) is 39.8 Å². The van der Waals surface area contributed by atoms with Crippen LogP contribution in [-0.2, 0) is 6.42 Å². The maximum Gasteiger partial charge on any atom is -0.0149 e. The Bertz CT molecular complexity index is 603. The van der Waals surface area contributed by atoms with Crippen LogP contribution in [0.5, 0.6) is 0 Å². The lowest BCUT2D eigenvalue weighted by Crippen LogP contribution is -1.99. The van der Waals surface area contributed by atoms with Gasteiger partial charge in [0.15, 0.2) is 0 Å². The van der Waals surface area contributed by atoms with Gasteiger partial charge in [-0.25, -0.2) is 0 Å². The van der Waals surface area contributed by atoms with Gasteiger partial charge in [-0.05, 0) is 60.6 Å². The molecular formula is C20H24. The molecular weight excluding hydrogens is 240 g/mol. The Balaban J connectivity index is 2.55. The second kappa shape index (κ2) is 6.56. The summed E-state index contributed by atoms with van der Waals surface area (Å²) in [6.45, 7) is 8.86. The largest absolute Gasteiger partial charge is 0.0792 e. The summed E-state index contributed by atoms with van der Waals surface area (Å²) >= 11 is 0. The van der Waals surface area contributed by atoms with Crippen molar-refractivity contribution in [2.24, 2.45) is 0 Å². The number of hydrogen-bond acceptors (Lipinski definition) is 0. The lowest BCUT2D eigenvalue weighted by Gasteiger charge is -2.16. The first-order valence-corrected chi connectivity index (χ1v) is 7.50. The molecule has 2 aromatic carbocycles. The molecule has 0 nitrogen and oxygen atoms in total. The highest BCUT2D eigenvalue weighted by Gasteiger charge is 2.11. The minimum atomic E-state index is 1.16. The Hall–Kier alpha value is -1.82. The van der Waals surface area contributed by atoms with Gasteiger partial charge in [0.2, 0.25) is 0 Å². The van der Waals surface area contributed by atoms with Crippen LogP contribution in [0.1, 0.15) is 48.1 Å². The molecule has 104 valence electrons. The highest BCUT2D eigenvalue weighted by Crippen LogP contribution is 2.29. The monoisotopic (exact) mass is 264 g/mol. The normalized spacial score (nSPS) is 11.7. The predicted molar refractivity (Wildman–Crippen MR) is 89.1 cm³/mol. The second-order valence-electron chi connectivity index (χ2n) is 5.35. The van der Waals surface area contributed by atoms with Gasteiger partial charge in [0.25, 0.3) is 0 Å². The van der Waals surface area contributed by atoms with Gasteiger partial charge in [-0.15, -0.1) is 0 Å². The molecule has 0 unspecified atom stereocenters. The van der Waals surface area contributed by atoms with Crippen molar-refractivity contribution in [1.29, 1.82) is 0 Å². The van der Waals surface area contributed by atoms with Crippen molar-refractivity contribution >= 4 is 5.57 Å². The summed E-state index contributed by atoms with van der Waals surface area (Å²) in [7, 11) is 0. The first-order chi connectivity index (χ1) is 9.69. The van der Waals surface area contributed by atoms with Crippen molar-refractivity contribution in [3.8, 4) is 0 Å². The third-order valence-corrected chi connectivity index (χ3v) is 4.00. The third kappa shape index (κ3) is 2.85. The summed E-state index contributed by atoms with van der Waals surface area (Å²) in [6, 6.07) is 15.2. The molecule has 0 heteroatoms. The second-order valence-corrected chi connectivity index (χ2v) is 5.35. The van der Waals surface area contributed by atoms with Crippen molar-refractivity contribution in [2.45, 2.75) is 40.5 Å².